The maximum absolute atomic E-state index is 12.5. The number of benzene rings is 2. The average Bonchev–Trinajstić information content (AvgIpc) is 2.77. The molecule has 1 aromatic heterocycles. The topological polar surface area (TPSA) is 51.2 Å². The van der Waals surface area contributed by atoms with Crippen LogP contribution in [0.15, 0.2) is 60.8 Å². The molecule has 0 saturated carbocycles. The number of pyridine rings is 1. The van der Waals surface area contributed by atoms with E-state index < -0.39 is 0 Å². The maximum Gasteiger partial charge on any atom is 0.251 e. The average molecular weight is 386 g/mol. The van der Waals surface area contributed by atoms with Gasteiger partial charge < -0.3 is 10.1 Å². The molecule has 1 amide bonds. The van der Waals surface area contributed by atoms with Crippen molar-refractivity contribution < 1.29 is 9.53 Å². The van der Waals surface area contributed by atoms with Gasteiger partial charge in [-0.25, -0.2) is 0 Å². The summed E-state index contributed by atoms with van der Waals surface area (Å²) in [5.41, 5.74) is 2.48. The summed E-state index contributed by atoms with van der Waals surface area (Å²) >= 11 is 0. The molecule has 148 valence electrons. The Morgan fingerprint density at radius 1 is 1.07 bits per heavy atom. The number of unbranched alkanes of at least 4 members (excludes halogenated alkanes) is 3. The van der Waals surface area contributed by atoms with Crippen LogP contribution in [0, 0.1) is 11.8 Å². The standard InChI is InChI=1S/C25H26N2O2/c1-2-3-4-5-6-7-16-29-23-12-8-10-20(17-23)19-27-25(28)22-13-14-24-21(18-22)11-9-15-26-24/h8-15,17-18H,2-5,16,19H2,1H3,(H,27,28). The summed E-state index contributed by atoms with van der Waals surface area (Å²) < 4.78 is 5.70. The fourth-order valence-electron chi connectivity index (χ4n) is 2.97. The number of carbonyl (C=O) groups excluding carboxylic acids is 1. The van der Waals surface area contributed by atoms with Gasteiger partial charge >= 0.3 is 0 Å². The van der Waals surface area contributed by atoms with Crippen LogP contribution < -0.4 is 10.1 Å². The van der Waals surface area contributed by atoms with Gasteiger partial charge in [0.05, 0.1) is 5.52 Å². The number of nitrogens with one attached hydrogen (secondary N) is 1. The second kappa shape index (κ2) is 10.9. The van der Waals surface area contributed by atoms with Gasteiger partial charge in [0.2, 0.25) is 0 Å². The molecular formula is C25H26N2O2. The molecule has 0 fully saturated rings. The van der Waals surface area contributed by atoms with E-state index in [0.29, 0.717) is 18.7 Å². The normalized spacial score (nSPS) is 10.2. The number of ether oxygens (including phenoxy) is 1. The van der Waals surface area contributed by atoms with E-state index >= 15 is 0 Å². The van der Waals surface area contributed by atoms with E-state index in [1.54, 1.807) is 12.3 Å². The molecule has 0 saturated heterocycles. The third kappa shape index (κ3) is 6.36. The summed E-state index contributed by atoms with van der Waals surface area (Å²) in [7, 11) is 0. The number of nitrogens with zero attached hydrogens (tertiary/aromatic N) is 1. The molecule has 4 heteroatoms. The first-order valence-electron chi connectivity index (χ1n) is 10.1. The summed E-state index contributed by atoms with van der Waals surface area (Å²) in [5.74, 6) is 6.84. The molecule has 0 spiro atoms. The number of carbonyl (C=O) groups is 1. The lowest BCUT2D eigenvalue weighted by molar-refractivity contribution is 0.0951. The molecule has 0 atom stereocenters. The van der Waals surface area contributed by atoms with E-state index in [9.17, 15) is 4.79 Å². The highest BCUT2D eigenvalue weighted by Gasteiger charge is 2.07. The monoisotopic (exact) mass is 386 g/mol. The Labute approximate surface area is 172 Å². The Kier molecular flexibility index (Phi) is 7.65. The zero-order valence-corrected chi connectivity index (χ0v) is 16.8. The minimum absolute atomic E-state index is 0.111. The van der Waals surface area contributed by atoms with Crippen molar-refractivity contribution in [1.29, 1.82) is 0 Å². The van der Waals surface area contributed by atoms with Gasteiger partial charge in [-0.2, -0.15) is 0 Å². The summed E-state index contributed by atoms with van der Waals surface area (Å²) in [6, 6.07) is 17.1. The number of amides is 1. The van der Waals surface area contributed by atoms with Crippen LogP contribution in [0.25, 0.3) is 10.9 Å². The van der Waals surface area contributed by atoms with Gasteiger partial charge in [-0.1, -0.05) is 49.8 Å². The minimum Gasteiger partial charge on any atom is -0.481 e. The molecule has 0 radical (unpaired) electrons. The Bertz CT molecular complexity index is 1020. The van der Waals surface area contributed by atoms with E-state index in [1.807, 2.05) is 48.5 Å². The van der Waals surface area contributed by atoms with Gasteiger partial charge in [0.1, 0.15) is 12.4 Å². The third-order valence-electron chi connectivity index (χ3n) is 4.56. The Morgan fingerprint density at radius 3 is 2.90 bits per heavy atom. The highest BCUT2D eigenvalue weighted by molar-refractivity contribution is 5.97. The lowest BCUT2D eigenvalue weighted by Gasteiger charge is -2.08. The molecule has 0 bridgehead atoms. The van der Waals surface area contributed by atoms with Crippen LogP contribution in [0.3, 0.4) is 0 Å². The predicted molar refractivity (Wildman–Crippen MR) is 117 cm³/mol. The largest absolute Gasteiger partial charge is 0.481 e. The number of fused-ring (bicyclic) bond motifs is 1. The van der Waals surface area contributed by atoms with Crippen molar-refractivity contribution in [1.82, 2.24) is 10.3 Å². The van der Waals surface area contributed by atoms with Crippen molar-refractivity contribution >= 4 is 16.8 Å². The third-order valence-corrected chi connectivity index (χ3v) is 4.56. The molecule has 3 rings (SSSR count). The van der Waals surface area contributed by atoms with Crippen LogP contribution in [-0.2, 0) is 6.54 Å². The van der Waals surface area contributed by atoms with Crippen molar-refractivity contribution in [3.05, 3.63) is 71.9 Å². The van der Waals surface area contributed by atoms with Gasteiger partial charge in [-0.3, -0.25) is 9.78 Å². The SMILES string of the molecule is CCCCCC#CCOc1cccc(CNC(=O)c2ccc3ncccc3c2)c1. The molecule has 1 N–H and O–H groups in total. The van der Waals surface area contributed by atoms with E-state index in [4.69, 9.17) is 4.74 Å². The second-order valence-electron chi connectivity index (χ2n) is 6.84. The van der Waals surface area contributed by atoms with Crippen molar-refractivity contribution in [3.8, 4) is 17.6 Å². The molecule has 3 aromatic rings. The predicted octanol–water partition coefficient (Wildman–Crippen LogP) is 5.13. The number of rotatable bonds is 8. The molecule has 1 heterocycles. The van der Waals surface area contributed by atoms with E-state index in [0.717, 1.165) is 35.1 Å². The molecule has 0 aliphatic rings. The first-order chi connectivity index (χ1) is 14.3. The number of hydrogen-bond acceptors (Lipinski definition) is 3. The summed E-state index contributed by atoms with van der Waals surface area (Å²) in [4.78, 5) is 16.8. The maximum atomic E-state index is 12.5. The van der Waals surface area contributed by atoms with Crippen LogP contribution in [0.4, 0.5) is 0 Å². The zero-order chi connectivity index (χ0) is 20.3. The Morgan fingerprint density at radius 2 is 2.00 bits per heavy atom. The van der Waals surface area contributed by atoms with Gasteiger partial charge in [-0.15, -0.1) is 0 Å². The van der Waals surface area contributed by atoms with Gasteiger partial charge in [0.15, 0.2) is 0 Å². The number of hydrogen-bond donors (Lipinski definition) is 1. The van der Waals surface area contributed by atoms with Gasteiger partial charge in [0, 0.05) is 30.1 Å². The molecule has 29 heavy (non-hydrogen) atoms. The smallest absolute Gasteiger partial charge is 0.251 e. The van der Waals surface area contributed by atoms with Gasteiger partial charge in [0.25, 0.3) is 5.91 Å². The summed E-state index contributed by atoms with van der Waals surface area (Å²) in [6.45, 7) is 3.00. The van der Waals surface area contributed by atoms with E-state index in [1.165, 1.54) is 12.8 Å². The van der Waals surface area contributed by atoms with E-state index in [2.05, 4.69) is 29.1 Å². The summed E-state index contributed by atoms with van der Waals surface area (Å²) in [5, 5.41) is 3.91. The zero-order valence-electron chi connectivity index (χ0n) is 16.8. The van der Waals surface area contributed by atoms with Crippen molar-refractivity contribution in [2.24, 2.45) is 0 Å². The Hall–Kier alpha value is -3.32. The van der Waals surface area contributed by atoms with E-state index in [-0.39, 0.29) is 5.91 Å². The minimum atomic E-state index is -0.111. The highest BCUT2D eigenvalue weighted by atomic mass is 16.5. The molecule has 4 nitrogen and oxygen atoms in total. The fraction of sp³-hybridized carbons (Fsp3) is 0.280. The Balaban J connectivity index is 1.51. The molecule has 0 aliphatic carbocycles. The molecule has 0 aliphatic heterocycles. The molecule has 2 aromatic carbocycles. The molecular weight excluding hydrogens is 360 g/mol. The van der Waals surface area contributed by atoms with Crippen LogP contribution >= 0.6 is 0 Å². The summed E-state index contributed by atoms with van der Waals surface area (Å²) in [6.07, 6.45) is 6.24. The van der Waals surface area contributed by atoms with Crippen LogP contribution in [0.1, 0.15) is 48.5 Å². The number of aromatic nitrogens is 1. The first-order valence-corrected chi connectivity index (χ1v) is 10.1. The van der Waals surface area contributed by atoms with Crippen LogP contribution in [0.5, 0.6) is 5.75 Å². The lowest BCUT2D eigenvalue weighted by Crippen LogP contribution is -2.22. The van der Waals surface area contributed by atoms with Crippen molar-refractivity contribution in [2.45, 2.75) is 39.2 Å². The first kappa shape index (κ1) is 20.4. The highest BCUT2D eigenvalue weighted by Crippen LogP contribution is 2.15. The molecule has 0 unspecified atom stereocenters. The second-order valence-corrected chi connectivity index (χ2v) is 6.84. The van der Waals surface area contributed by atoms with Crippen molar-refractivity contribution in [3.63, 3.8) is 0 Å². The fourth-order valence-corrected chi connectivity index (χ4v) is 2.97. The van der Waals surface area contributed by atoms with Crippen LogP contribution in [0.2, 0.25) is 0 Å². The van der Waals surface area contributed by atoms with Gasteiger partial charge in [-0.05, 0) is 48.4 Å². The lowest BCUT2D eigenvalue weighted by atomic mass is 10.1. The van der Waals surface area contributed by atoms with Crippen LogP contribution in [-0.4, -0.2) is 17.5 Å². The quantitative estimate of drug-likeness (QED) is 0.431. The van der Waals surface area contributed by atoms with Crippen molar-refractivity contribution in [2.75, 3.05) is 6.61 Å².